The van der Waals surface area contributed by atoms with Crippen molar-refractivity contribution in [1.82, 2.24) is 9.88 Å². The highest BCUT2D eigenvalue weighted by molar-refractivity contribution is 7.11. The summed E-state index contributed by atoms with van der Waals surface area (Å²) in [7, 11) is 0. The van der Waals surface area contributed by atoms with Gasteiger partial charge in [-0.1, -0.05) is 13.8 Å². The summed E-state index contributed by atoms with van der Waals surface area (Å²) in [6.07, 6.45) is 2.73. The van der Waals surface area contributed by atoms with E-state index in [4.69, 9.17) is 0 Å². The Morgan fingerprint density at radius 2 is 2.00 bits per heavy atom. The largest absolute Gasteiger partial charge is 0.368 e. The van der Waals surface area contributed by atoms with E-state index in [9.17, 15) is 9.65 Å². The molecule has 0 aliphatic carbocycles. The van der Waals surface area contributed by atoms with Crippen LogP contribution in [0.1, 0.15) is 34.9 Å². The molecule has 0 atom stereocenters. The van der Waals surface area contributed by atoms with E-state index in [2.05, 4.69) is 41.6 Å². The van der Waals surface area contributed by atoms with Crippen LogP contribution in [0.25, 0.3) is 0 Å². The molecule has 0 unspecified atom stereocenters. The Kier molecular flexibility index (Phi) is 5.90. The fourth-order valence-electron chi connectivity index (χ4n) is 3.41. The molecular weight excluding hydrogens is 347 g/mol. The van der Waals surface area contributed by atoms with Crippen LogP contribution < -0.4 is 4.90 Å². The van der Waals surface area contributed by atoms with Crippen molar-refractivity contribution in [1.29, 1.82) is 5.26 Å². The minimum atomic E-state index is -0.402. The molecule has 1 aliphatic heterocycles. The summed E-state index contributed by atoms with van der Waals surface area (Å²) in [5.74, 6) is 0.0510. The number of nitriles is 1. The number of piperazine rings is 1. The van der Waals surface area contributed by atoms with Crippen molar-refractivity contribution in [3.8, 4) is 6.07 Å². The Balaban J connectivity index is 1.71. The predicted octanol–water partition coefficient (Wildman–Crippen LogP) is 3.98. The SMILES string of the molecule is Cc1cnc(CN2CCN(c3cc(CC(C)C)cc(F)c3C#N)CC2)s1. The maximum Gasteiger partial charge on any atom is 0.143 e. The van der Waals surface area contributed by atoms with E-state index in [-0.39, 0.29) is 5.56 Å². The summed E-state index contributed by atoms with van der Waals surface area (Å²) in [5.41, 5.74) is 1.88. The molecule has 26 heavy (non-hydrogen) atoms. The summed E-state index contributed by atoms with van der Waals surface area (Å²) in [6.45, 7) is 10.5. The second-order valence-corrected chi connectivity index (χ2v) is 8.63. The molecule has 138 valence electrons. The van der Waals surface area contributed by atoms with Crippen molar-refractivity contribution in [2.24, 2.45) is 5.92 Å². The van der Waals surface area contributed by atoms with Gasteiger partial charge in [0.15, 0.2) is 0 Å². The van der Waals surface area contributed by atoms with Gasteiger partial charge in [0.2, 0.25) is 0 Å². The second kappa shape index (κ2) is 8.15. The van der Waals surface area contributed by atoms with E-state index < -0.39 is 5.82 Å². The number of rotatable bonds is 5. The third-order valence-electron chi connectivity index (χ3n) is 4.63. The molecule has 0 saturated carbocycles. The van der Waals surface area contributed by atoms with Crippen LogP contribution in [0.5, 0.6) is 0 Å². The lowest BCUT2D eigenvalue weighted by molar-refractivity contribution is 0.249. The molecule has 2 heterocycles. The zero-order chi connectivity index (χ0) is 18.7. The van der Waals surface area contributed by atoms with Gasteiger partial charge in [-0.3, -0.25) is 4.90 Å². The third-order valence-corrected chi connectivity index (χ3v) is 5.52. The second-order valence-electron chi connectivity index (χ2n) is 7.31. The van der Waals surface area contributed by atoms with Crippen molar-refractivity contribution < 1.29 is 4.39 Å². The zero-order valence-corrected chi connectivity index (χ0v) is 16.4. The Hall–Kier alpha value is -1.97. The van der Waals surface area contributed by atoms with E-state index in [0.717, 1.165) is 55.4 Å². The molecular formula is C20H25FN4S. The average molecular weight is 373 g/mol. The van der Waals surface area contributed by atoms with Gasteiger partial charge in [0.25, 0.3) is 0 Å². The molecule has 1 aliphatic rings. The monoisotopic (exact) mass is 372 g/mol. The number of nitrogens with zero attached hydrogens (tertiary/aromatic N) is 4. The molecule has 1 aromatic carbocycles. The summed E-state index contributed by atoms with van der Waals surface area (Å²) in [4.78, 5) is 10.2. The molecule has 1 fully saturated rings. The number of anilines is 1. The third kappa shape index (κ3) is 4.40. The highest BCUT2D eigenvalue weighted by Gasteiger charge is 2.22. The lowest BCUT2D eigenvalue weighted by Crippen LogP contribution is -2.46. The van der Waals surface area contributed by atoms with Crippen molar-refractivity contribution in [3.63, 3.8) is 0 Å². The smallest absolute Gasteiger partial charge is 0.143 e. The molecule has 1 aromatic heterocycles. The quantitative estimate of drug-likeness (QED) is 0.796. The van der Waals surface area contributed by atoms with Gasteiger partial charge < -0.3 is 4.90 Å². The number of hydrogen-bond acceptors (Lipinski definition) is 5. The minimum Gasteiger partial charge on any atom is -0.368 e. The Morgan fingerprint density at radius 3 is 2.58 bits per heavy atom. The molecule has 0 radical (unpaired) electrons. The molecule has 0 spiro atoms. The van der Waals surface area contributed by atoms with Crippen molar-refractivity contribution in [2.45, 2.75) is 33.7 Å². The lowest BCUT2D eigenvalue weighted by Gasteiger charge is -2.36. The highest BCUT2D eigenvalue weighted by Crippen LogP contribution is 2.27. The number of aromatic nitrogens is 1. The van der Waals surface area contributed by atoms with E-state index in [1.165, 1.54) is 10.9 Å². The molecule has 0 bridgehead atoms. The van der Waals surface area contributed by atoms with Gasteiger partial charge in [0.1, 0.15) is 22.5 Å². The predicted molar refractivity (Wildman–Crippen MR) is 104 cm³/mol. The summed E-state index contributed by atoms with van der Waals surface area (Å²) in [5, 5.41) is 10.6. The average Bonchev–Trinajstić information content (AvgIpc) is 2.99. The first kappa shape index (κ1) is 18.8. The van der Waals surface area contributed by atoms with Crippen LogP contribution >= 0.6 is 11.3 Å². The van der Waals surface area contributed by atoms with Gasteiger partial charge in [0, 0.05) is 37.3 Å². The van der Waals surface area contributed by atoms with Crippen LogP contribution in [-0.2, 0) is 13.0 Å². The Bertz CT molecular complexity index is 801. The van der Waals surface area contributed by atoms with Crippen molar-refractivity contribution >= 4 is 17.0 Å². The first-order chi connectivity index (χ1) is 12.5. The number of halogens is 1. The summed E-state index contributed by atoms with van der Waals surface area (Å²) in [6, 6.07) is 5.58. The number of aryl methyl sites for hydroxylation is 1. The topological polar surface area (TPSA) is 43.2 Å². The van der Waals surface area contributed by atoms with Gasteiger partial charge in [-0.25, -0.2) is 9.37 Å². The maximum atomic E-state index is 14.4. The van der Waals surface area contributed by atoms with Crippen LogP contribution in [0.2, 0.25) is 0 Å². The molecule has 0 N–H and O–H groups in total. The fraction of sp³-hybridized carbons (Fsp3) is 0.500. The molecule has 3 rings (SSSR count). The molecule has 6 heteroatoms. The van der Waals surface area contributed by atoms with Gasteiger partial charge in [-0.05, 0) is 37.0 Å². The van der Waals surface area contributed by atoms with Crippen LogP contribution in [0.3, 0.4) is 0 Å². The summed E-state index contributed by atoms with van der Waals surface area (Å²) >= 11 is 1.74. The molecule has 0 amide bonds. The van der Waals surface area contributed by atoms with Gasteiger partial charge in [0.05, 0.1) is 12.2 Å². The van der Waals surface area contributed by atoms with Crippen LogP contribution in [0.15, 0.2) is 18.3 Å². The minimum absolute atomic E-state index is 0.168. The van der Waals surface area contributed by atoms with Gasteiger partial charge >= 0.3 is 0 Å². The normalized spacial score (nSPS) is 15.5. The zero-order valence-electron chi connectivity index (χ0n) is 15.6. The number of thiazole rings is 1. The lowest BCUT2D eigenvalue weighted by atomic mass is 9.99. The fourth-order valence-corrected chi connectivity index (χ4v) is 4.24. The van der Waals surface area contributed by atoms with E-state index in [1.54, 1.807) is 11.3 Å². The molecule has 2 aromatic rings. The van der Waals surface area contributed by atoms with E-state index in [1.807, 2.05) is 12.3 Å². The number of benzene rings is 1. The van der Waals surface area contributed by atoms with Gasteiger partial charge in [-0.2, -0.15) is 5.26 Å². The Morgan fingerprint density at radius 1 is 1.27 bits per heavy atom. The van der Waals surface area contributed by atoms with E-state index >= 15 is 0 Å². The van der Waals surface area contributed by atoms with Crippen molar-refractivity contribution in [3.05, 3.63) is 45.2 Å². The van der Waals surface area contributed by atoms with Crippen LogP contribution in [0.4, 0.5) is 10.1 Å². The maximum absolute atomic E-state index is 14.4. The van der Waals surface area contributed by atoms with Crippen LogP contribution in [0, 0.1) is 30.0 Å². The van der Waals surface area contributed by atoms with Gasteiger partial charge in [-0.15, -0.1) is 11.3 Å². The standard InChI is InChI=1S/C20H25FN4S/c1-14(2)8-16-9-18(21)17(11-22)19(10-16)25-6-4-24(5-7-25)13-20-23-12-15(3)26-20/h9-10,12,14H,4-8,13H2,1-3H3. The van der Waals surface area contributed by atoms with E-state index in [0.29, 0.717) is 5.92 Å². The Labute approximate surface area is 158 Å². The van der Waals surface area contributed by atoms with Crippen molar-refractivity contribution in [2.75, 3.05) is 31.1 Å². The van der Waals surface area contributed by atoms with Crippen LogP contribution in [-0.4, -0.2) is 36.1 Å². The first-order valence-electron chi connectivity index (χ1n) is 9.07. The first-order valence-corrected chi connectivity index (χ1v) is 9.89. The molecule has 1 saturated heterocycles. The number of hydrogen-bond donors (Lipinski definition) is 0. The summed E-state index contributed by atoms with van der Waals surface area (Å²) < 4.78 is 14.4. The highest BCUT2D eigenvalue weighted by atomic mass is 32.1. The molecule has 4 nitrogen and oxygen atoms in total.